The van der Waals surface area contributed by atoms with Crippen LogP contribution >= 0.6 is 11.6 Å². The second kappa shape index (κ2) is 5.99. The van der Waals surface area contributed by atoms with Crippen LogP contribution in [0.5, 0.6) is 0 Å². The van der Waals surface area contributed by atoms with Gasteiger partial charge in [0.25, 0.3) is 0 Å². The zero-order valence-electron chi connectivity index (χ0n) is 12.9. The molecule has 0 bridgehead atoms. The molecule has 1 aromatic carbocycles. The van der Waals surface area contributed by atoms with Gasteiger partial charge in [0.1, 0.15) is 24.1 Å². The number of ether oxygens (including phenoxy) is 1. The van der Waals surface area contributed by atoms with E-state index in [1.165, 1.54) is 12.4 Å². The Hall–Kier alpha value is -2.25. The van der Waals surface area contributed by atoms with Crippen molar-refractivity contribution in [3.63, 3.8) is 0 Å². The van der Waals surface area contributed by atoms with E-state index < -0.39 is 5.82 Å². The van der Waals surface area contributed by atoms with Crippen LogP contribution in [-0.4, -0.2) is 32.4 Å². The third-order valence-corrected chi connectivity index (χ3v) is 4.52. The topological polar surface area (TPSA) is 64.9 Å². The average Bonchev–Trinajstić information content (AvgIpc) is 3.18. The molecule has 0 amide bonds. The first-order valence-corrected chi connectivity index (χ1v) is 7.97. The second-order valence-corrected chi connectivity index (χ2v) is 6.14. The molecule has 8 heteroatoms. The van der Waals surface area contributed by atoms with E-state index in [2.05, 4.69) is 20.4 Å². The van der Waals surface area contributed by atoms with Gasteiger partial charge < -0.3 is 10.1 Å². The van der Waals surface area contributed by atoms with Crippen molar-refractivity contribution in [2.24, 2.45) is 7.05 Å². The Balaban J connectivity index is 1.64. The molecule has 3 heterocycles. The summed E-state index contributed by atoms with van der Waals surface area (Å²) in [6.45, 7) is 0.591. The van der Waals surface area contributed by atoms with Crippen molar-refractivity contribution in [1.82, 2.24) is 19.7 Å². The van der Waals surface area contributed by atoms with Gasteiger partial charge in [0.2, 0.25) is 0 Å². The number of benzene rings is 1. The predicted molar refractivity (Wildman–Crippen MR) is 88.4 cm³/mol. The van der Waals surface area contributed by atoms with E-state index in [0.29, 0.717) is 12.4 Å². The predicted octanol–water partition coefficient (Wildman–Crippen LogP) is 3.10. The summed E-state index contributed by atoms with van der Waals surface area (Å²) in [5, 5.41) is 8.55. The van der Waals surface area contributed by atoms with Gasteiger partial charge in [-0.3, -0.25) is 4.68 Å². The van der Waals surface area contributed by atoms with Crippen LogP contribution in [0.1, 0.15) is 18.1 Å². The monoisotopic (exact) mass is 347 g/mol. The fourth-order valence-electron chi connectivity index (χ4n) is 3.01. The number of anilines is 1. The van der Waals surface area contributed by atoms with Gasteiger partial charge in [0, 0.05) is 13.7 Å². The fraction of sp³-hybridized carbons (Fsp3) is 0.312. The highest BCUT2D eigenvalue weighted by atomic mass is 35.5. The molecule has 2 atom stereocenters. The molecule has 0 unspecified atom stereocenters. The Morgan fingerprint density at radius 1 is 1.38 bits per heavy atom. The molecular weight excluding hydrogens is 333 g/mol. The summed E-state index contributed by atoms with van der Waals surface area (Å²) in [4.78, 5) is 8.55. The van der Waals surface area contributed by atoms with Crippen LogP contribution in [0.15, 0.2) is 30.7 Å². The Morgan fingerprint density at radius 3 is 3.08 bits per heavy atom. The summed E-state index contributed by atoms with van der Waals surface area (Å²) in [6.07, 6.45) is 3.75. The molecule has 24 heavy (non-hydrogen) atoms. The van der Waals surface area contributed by atoms with Crippen molar-refractivity contribution in [2.45, 2.75) is 18.6 Å². The SMILES string of the molecule is Cn1ncc2c(N[C@@H]3CCO[C@H]3c3ccc(Cl)c(F)c3)ncnc21. The molecule has 4 rings (SSSR count). The third kappa shape index (κ3) is 2.59. The minimum Gasteiger partial charge on any atom is -0.371 e. The summed E-state index contributed by atoms with van der Waals surface area (Å²) in [5.74, 6) is 0.253. The van der Waals surface area contributed by atoms with E-state index in [4.69, 9.17) is 16.3 Å². The van der Waals surface area contributed by atoms with Gasteiger partial charge in [0.05, 0.1) is 22.6 Å². The first kappa shape index (κ1) is 15.3. The summed E-state index contributed by atoms with van der Waals surface area (Å²) >= 11 is 5.76. The van der Waals surface area contributed by atoms with E-state index >= 15 is 0 Å². The third-order valence-electron chi connectivity index (χ3n) is 4.22. The summed E-state index contributed by atoms with van der Waals surface area (Å²) in [7, 11) is 1.83. The maximum Gasteiger partial charge on any atom is 0.163 e. The number of nitrogens with zero attached hydrogens (tertiary/aromatic N) is 4. The molecule has 0 radical (unpaired) electrons. The van der Waals surface area contributed by atoms with Crippen LogP contribution in [-0.2, 0) is 11.8 Å². The zero-order chi connectivity index (χ0) is 16.7. The molecule has 0 spiro atoms. The number of rotatable bonds is 3. The second-order valence-electron chi connectivity index (χ2n) is 5.73. The van der Waals surface area contributed by atoms with Gasteiger partial charge in [-0.15, -0.1) is 0 Å². The summed E-state index contributed by atoms with van der Waals surface area (Å²) < 4.78 is 21.3. The van der Waals surface area contributed by atoms with Crippen LogP contribution in [0, 0.1) is 5.82 Å². The number of hydrogen-bond donors (Lipinski definition) is 1. The number of fused-ring (bicyclic) bond motifs is 1. The normalized spacial score (nSPS) is 20.6. The molecule has 1 fully saturated rings. The molecule has 6 nitrogen and oxygen atoms in total. The number of hydrogen-bond acceptors (Lipinski definition) is 5. The van der Waals surface area contributed by atoms with Crippen molar-refractivity contribution in [1.29, 1.82) is 0 Å². The fourth-order valence-corrected chi connectivity index (χ4v) is 3.13. The van der Waals surface area contributed by atoms with Gasteiger partial charge in [-0.25, -0.2) is 14.4 Å². The summed E-state index contributed by atoms with van der Waals surface area (Å²) in [5.41, 5.74) is 1.50. The van der Waals surface area contributed by atoms with E-state index in [1.807, 2.05) is 7.05 Å². The van der Waals surface area contributed by atoms with Crippen LogP contribution in [0.25, 0.3) is 11.0 Å². The number of halogens is 2. The largest absolute Gasteiger partial charge is 0.371 e. The number of aromatic nitrogens is 4. The van der Waals surface area contributed by atoms with Gasteiger partial charge in [-0.1, -0.05) is 17.7 Å². The van der Waals surface area contributed by atoms with E-state index in [-0.39, 0.29) is 17.2 Å². The van der Waals surface area contributed by atoms with Crippen molar-refractivity contribution >= 4 is 28.5 Å². The van der Waals surface area contributed by atoms with Crippen LogP contribution in [0.4, 0.5) is 10.2 Å². The first-order chi connectivity index (χ1) is 11.6. The van der Waals surface area contributed by atoms with E-state index in [0.717, 1.165) is 23.0 Å². The first-order valence-electron chi connectivity index (χ1n) is 7.59. The van der Waals surface area contributed by atoms with Gasteiger partial charge >= 0.3 is 0 Å². The average molecular weight is 348 g/mol. The van der Waals surface area contributed by atoms with Gasteiger partial charge in [-0.05, 0) is 24.1 Å². The zero-order valence-corrected chi connectivity index (χ0v) is 13.7. The maximum atomic E-state index is 13.8. The number of aryl methyl sites for hydroxylation is 1. The lowest BCUT2D eigenvalue weighted by Gasteiger charge is -2.21. The molecule has 1 N–H and O–H groups in total. The van der Waals surface area contributed by atoms with Crippen molar-refractivity contribution in [2.75, 3.05) is 11.9 Å². The highest BCUT2D eigenvalue weighted by molar-refractivity contribution is 6.30. The summed E-state index contributed by atoms with van der Waals surface area (Å²) in [6, 6.07) is 4.74. The van der Waals surface area contributed by atoms with Gasteiger partial charge in [0.15, 0.2) is 5.65 Å². The lowest BCUT2D eigenvalue weighted by molar-refractivity contribution is 0.107. The van der Waals surface area contributed by atoms with Crippen LogP contribution < -0.4 is 5.32 Å². The lowest BCUT2D eigenvalue weighted by atomic mass is 10.0. The highest BCUT2D eigenvalue weighted by Crippen LogP contribution is 2.33. The molecule has 0 aliphatic carbocycles. The van der Waals surface area contributed by atoms with E-state index in [9.17, 15) is 4.39 Å². The Morgan fingerprint density at radius 2 is 2.25 bits per heavy atom. The van der Waals surface area contributed by atoms with Crippen molar-refractivity contribution < 1.29 is 9.13 Å². The molecule has 1 saturated heterocycles. The van der Waals surface area contributed by atoms with E-state index in [1.54, 1.807) is 23.0 Å². The Kier molecular flexibility index (Phi) is 3.82. The Bertz CT molecular complexity index is 899. The lowest BCUT2D eigenvalue weighted by Crippen LogP contribution is -2.24. The quantitative estimate of drug-likeness (QED) is 0.788. The molecular formula is C16H15ClFN5O. The molecule has 2 aromatic heterocycles. The molecule has 3 aromatic rings. The molecule has 124 valence electrons. The Labute approximate surface area is 142 Å². The van der Waals surface area contributed by atoms with Crippen molar-refractivity contribution in [3.05, 3.63) is 47.1 Å². The minimum atomic E-state index is -0.444. The van der Waals surface area contributed by atoms with Gasteiger partial charge in [-0.2, -0.15) is 5.10 Å². The maximum absolute atomic E-state index is 13.8. The molecule has 1 aliphatic rings. The minimum absolute atomic E-state index is 0.0242. The molecule has 1 aliphatic heterocycles. The standard InChI is InChI=1S/C16H15ClFN5O/c1-23-16-10(7-21-23)15(19-8-20-16)22-13-4-5-24-14(13)9-2-3-11(17)12(18)6-9/h2-3,6-8,13-14H,4-5H2,1H3,(H,19,20,22)/t13-,14+/m1/s1. The highest BCUT2D eigenvalue weighted by Gasteiger charge is 2.31. The molecule has 0 saturated carbocycles. The number of nitrogens with one attached hydrogen (secondary N) is 1. The smallest absolute Gasteiger partial charge is 0.163 e. The van der Waals surface area contributed by atoms with Crippen molar-refractivity contribution in [3.8, 4) is 0 Å². The van der Waals surface area contributed by atoms with Crippen LogP contribution in [0.2, 0.25) is 5.02 Å². The van der Waals surface area contributed by atoms with Crippen LogP contribution in [0.3, 0.4) is 0 Å².